The Hall–Kier alpha value is -3.19. The molecule has 0 bridgehead atoms. The van der Waals surface area contributed by atoms with Crippen molar-refractivity contribution in [2.24, 2.45) is 0 Å². The van der Waals surface area contributed by atoms with Crippen molar-refractivity contribution in [2.45, 2.75) is 65.6 Å². The van der Waals surface area contributed by atoms with E-state index in [1.54, 1.807) is 39.8 Å². The number of nitrogens with one attached hydrogen (secondary N) is 2. The molecule has 1 aromatic rings. The number of carbonyl (C=O) groups is 4. The Morgan fingerprint density at radius 1 is 1.20 bits per heavy atom. The molecule has 0 heterocycles. The first-order valence-corrected chi connectivity index (χ1v) is 11.9. The summed E-state index contributed by atoms with van der Waals surface area (Å²) in [6, 6.07) is 5.26. The molecule has 1 aromatic carbocycles. The molecule has 3 amide bonds. The van der Waals surface area contributed by atoms with Gasteiger partial charge >= 0.3 is 12.1 Å². The van der Waals surface area contributed by atoms with Gasteiger partial charge in [-0.3, -0.25) is 19.3 Å². The van der Waals surface area contributed by atoms with Crippen molar-refractivity contribution in [2.75, 3.05) is 18.9 Å². The number of rotatable bonds is 10. The summed E-state index contributed by atoms with van der Waals surface area (Å²) in [6.45, 7) is 10.7. The van der Waals surface area contributed by atoms with Crippen LogP contribution < -0.4 is 10.6 Å². The van der Waals surface area contributed by atoms with Gasteiger partial charge in [-0.2, -0.15) is 12.6 Å². The van der Waals surface area contributed by atoms with Crippen LogP contribution in [-0.4, -0.2) is 59.3 Å². The topological polar surface area (TPSA) is 114 Å². The first-order chi connectivity index (χ1) is 16.4. The normalized spacial score (nSPS) is 12.5. The zero-order valence-corrected chi connectivity index (χ0v) is 22.0. The maximum atomic E-state index is 13.4. The predicted octanol–water partition coefficient (Wildman–Crippen LogP) is 2.66. The van der Waals surface area contributed by atoms with Gasteiger partial charge in [0.2, 0.25) is 5.91 Å². The fourth-order valence-electron chi connectivity index (χ4n) is 3.15. The molecule has 2 unspecified atom stereocenters. The van der Waals surface area contributed by atoms with Gasteiger partial charge < -0.3 is 20.1 Å². The van der Waals surface area contributed by atoms with Crippen LogP contribution in [0.25, 0.3) is 0 Å². The van der Waals surface area contributed by atoms with Crippen molar-refractivity contribution in [3.05, 3.63) is 34.9 Å². The van der Waals surface area contributed by atoms with Crippen LogP contribution in [0.3, 0.4) is 0 Å². The second-order valence-electron chi connectivity index (χ2n) is 8.76. The second-order valence-corrected chi connectivity index (χ2v) is 9.12. The number of esters is 1. The molecule has 10 heteroatoms. The standard InChI is InChI=1S/C25H35N3O6S/c1-8-28(23(31)19(15-35)27-24(32)34-25(5,6)7)21(18-12-10-11-16(3)17(18)4)22(30)26-14-13-20(29)33-9-2/h1,10-12,19,21,35H,9,13-15H2,2-7H3,(H,26,30)(H,27,32). The highest BCUT2D eigenvalue weighted by atomic mass is 32.1. The van der Waals surface area contributed by atoms with E-state index in [2.05, 4.69) is 29.3 Å². The van der Waals surface area contributed by atoms with E-state index in [0.29, 0.717) is 5.56 Å². The molecule has 9 nitrogen and oxygen atoms in total. The van der Waals surface area contributed by atoms with Crippen molar-refractivity contribution in [1.29, 1.82) is 0 Å². The van der Waals surface area contributed by atoms with Crippen molar-refractivity contribution >= 4 is 36.5 Å². The van der Waals surface area contributed by atoms with E-state index in [4.69, 9.17) is 15.9 Å². The van der Waals surface area contributed by atoms with E-state index >= 15 is 0 Å². The Labute approximate surface area is 212 Å². The number of nitrogens with zero attached hydrogens (tertiary/aromatic N) is 1. The SMILES string of the molecule is C#CN(C(=O)C(CS)NC(=O)OC(C)(C)C)C(C(=O)NCCC(=O)OCC)c1cccc(C)c1C. The monoisotopic (exact) mass is 505 g/mol. The van der Waals surface area contributed by atoms with Gasteiger partial charge in [0.1, 0.15) is 17.7 Å². The number of amides is 3. The van der Waals surface area contributed by atoms with Gasteiger partial charge in [0, 0.05) is 18.3 Å². The minimum Gasteiger partial charge on any atom is -0.466 e. The summed E-state index contributed by atoms with van der Waals surface area (Å²) in [4.78, 5) is 51.5. The molecule has 2 N–H and O–H groups in total. The van der Waals surface area contributed by atoms with Gasteiger partial charge in [-0.15, -0.1) is 0 Å². The number of aryl methyl sites for hydroxylation is 1. The summed E-state index contributed by atoms with van der Waals surface area (Å²) < 4.78 is 10.1. The lowest BCUT2D eigenvalue weighted by Gasteiger charge is -2.31. The van der Waals surface area contributed by atoms with E-state index in [1.807, 2.05) is 19.9 Å². The minimum absolute atomic E-state index is 0.00220. The molecule has 0 saturated carbocycles. The second kappa shape index (κ2) is 13.6. The largest absolute Gasteiger partial charge is 0.466 e. The van der Waals surface area contributed by atoms with Crippen molar-refractivity contribution < 1.29 is 28.7 Å². The third-order valence-corrected chi connectivity index (χ3v) is 5.29. The zero-order chi connectivity index (χ0) is 26.8. The summed E-state index contributed by atoms with van der Waals surface area (Å²) in [5.41, 5.74) is 1.41. The average Bonchev–Trinajstić information content (AvgIpc) is 2.76. The predicted molar refractivity (Wildman–Crippen MR) is 136 cm³/mol. The molecule has 192 valence electrons. The summed E-state index contributed by atoms with van der Waals surface area (Å²) in [6.07, 6.45) is 4.86. The average molecular weight is 506 g/mol. The number of terminal acetylenes is 1. The third kappa shape index (κ3) is 9.17. The van der Waals surface area contributed by atoms with Crippen LogP contribution in [-0.2, 0) is 23.9 Å². The Morgan fingerprint density at radius 2 is 1.86 bits per heavy atom. The van der Waals surface area contributed by atoms with E-state index < -0.39 is 41.6 Å². The molecule has 0 aliphatic carbocycles. The highest BCUT2D eigenvalue weighted by Gasteiger charge is 2.36. The van der Waals surface area contributed by atoms with Crippen molar-refractivity contribution in [1.82, 2.24) is 15.5 Å². The van der Waals surface area contributed by atoms with Crippen LogP contribution in [0.2, 0.25) is 0 Å². The van der Waals surface area contributed by atoms with Gasteiger partial charge in [0.05, 0.1) is 13.0 Å². The van der Waals surface area contributed by atoms with Crippen LogP contribution in [0.15, 0.2) is 18.2 Å². The number of hydrogen-bond acceptors (Lipinski definition) is 7. The van der Waals surface area contributed by atoms with E-state index in [0.717, 1.165) is 16.0 Å². The number of benzene rings is 1. The Kier molecular flexibility index (Phi) is 11.6. The third-order valence-electron chi connectivity index (χ3n) is 4.93. The maximum absolute atomic E-state index is 13.4. The van der Waals surface area contributed by atoms with Crippen LogP contribution in [0.4, 0.5) is 4.79 Å². The van der Waals surface area contributed by atoms with Crippen LogP contribution in [0.5, 0.6) is 0 Å². The molecule has 0 aliphatic heterocycles. The van der Waals surface area contributed by atoms with E-state index in [9.17, 15) is 19.2 Å². The summed E-state index contributed by atoms with van der Waals surface area (Å²) in [5, 5.41) is 5.12. The Bertz CT molecular complexity index is 967. The Balaban J connectivity index is 3.27. The quantitative estimate of drug-likeness (QED) is 0.195. The summed E-state index contributed by atoms with van der Waals surface area (Å²) in [5.74, 6) is -1.83. The van der Waals surface area contributed by atoms with Crippen LogP contribution in [0, 0.1) is 26.3 Å². The lowest BCUT2D eigenvalue weighted by Crippen LogP contribution is -2.52. The van der Waals surface area contributed by atoms with Gasteiger partial charge in [-0.1, -0.05) is 24.6 Å². The lowest BCUT2D eigenvalue weighted by molar-refractivity contribution is -0.143. The van der Waals surface area contributed by atoms with Crippen molar-refractivity contribution in [3.63, 3.8) is 0 Å². The Morgan fingerprint density at radius 3 is 2.40 bits per heavy atom. The van der Waals surface area contributed by atoms with Crippen LogP contribution >= 0.6 is 12.6 Å². The number of carbonyl (C=O) groups excluding carboxylic acids is 4. The molecule has 0 aliphatic rings. The molecule has 0 aromatic heterocycles. The molecule has 0 spiro atoms. The zero-order valence-electron chi connectivity index (χ0n) is 21.1. The fourth-order valence-corrected chi connectivity index (χ4v) is 3.40. The molecular weight excluding hydrogens is 470 g/mol. The molecule has 0 saturated heterocycles. The molecular formula is C25H35N3O6S. The van der Waals surface area contributed by atoms with Gasteiger partial charge in [0.25, 0.3) is 5.91 Å². The molecule has 0 radical (unpaired) electrons. The maximum Gasteiger partial charge on any atom is 0.408 e. The smallest absolute Gasteiger partial charge is 0.408 e. The number of ether oxygens (including phenoxy) is 2. The van der Waals surface area contributed by atoms with Gasteiger partial charge in [-0.05, 0) is 58.2 Å². The van der Waals surface area contributed by atoms with Gasteiger partial charge in [0.15, 0.2) is 0 Å². The summed E-state index contributed by atoms with van der Waals surface area (Å²) in [7, 11) is 0. The first kappa shape index (κ1) is 29.8. The number of thiol groups is 1. The summed E-state index contributed by atoms with van der Waals surface area (Å²) >= 11 is 4.18. The minimum atomic E-state index is -1.21. The van der Waals surface area contributed by atoms with E-state index in [1.165, 1.54) is 0 Å². The molecule has 0 fully saturated rings. The van der Waals surface area contributed by atoms with E-state index in [-0.39, 0.29) is 25.3 Å². The molecule has 2 atom stereocenters. The van der Waals surface area contributed by atoms with Gasteiger partial charge in [-0.25, -0.2) is 4.79 Å². The molecule has 35 heavy (non-hydrogen) atoms. The fraction of sp³-hybridized carbons (Fsp3) is 0.520. The highest BCUT2D eigenvalue weighted by Crippen LogP contribution is 2.27. The lowest BCUT2D eigenvalue weighted by atomic mass is 9.95. The van der Waals surface area contributed by atoms with Crippen molar-refractivity contribution in [3.8, 4) is 12.5 Å². The number of alkyl carbamates (subject to hydrolysis) is 1. The van der Waals surface area contributed by atoms with Crippen LogP contribution in [0.1, 0.15) is 56.8 Å². The first-order valence-electron chi connectivity index (χ1n) is 11.2. The number of hydrogen-bond donors (Lipinski definition) is 3. The highest BCUT2D eigenvalue weighted by molar-refractivity contribution is 7.80. The molecule has 1 rings (SSSR count).